The number of anilines is 6. The van der Waals surface area contributed by atoms with Gasteiger partial charge in [0, 0.05) is 33.7 Å². The fraction of sp³-hybridized carbons (Fsp3) is 0.163. The molecule has 19 rings (SSSR count). The summed E-state index contributed by atoms with van der Waals surface area (Å²) in [6.45, 7) is 21.0. The molecule has 0 saturated heterocycles. The Morgan fingerprint density at radius 3 is 1.31 bits per heavy atom. The molecule has 0 fully saturated rings. The zero-order chi connectivity index (χ0) is 61.4. The third-order valence-electron chi connectivity index (χ3n) is 21.7. The van der Waals surface area contributed by atoms with E-state index in [1.165, 1.54) is 133 Å². The summed E-state index contributed by atoms with van der Waals surface area (Å²) in [5.74, 6) is 1.82. The lowest BCUT2D eigenvalue weighted by Gasteiger charge is -2.46. The monoisotopic (exact) mass is 1170 g/mol. The van der Waals surface area contributed by atoms with Crippen molar-refractivity contribution in [2.45, 2.75) is 89.4 Å². The molecule has 13 aromatic rings. The van der Waals surface area contributed by atoms with Crippen molar-refractivity contribution in [2.75, 3.05) is 9.80 Å². The lowest BCUT2D eigenvalue weighted by Crippen LogP contribution is -2.58. The molecular formula is C86H68BN3O. The molecule has 0 bridgehead atoms. The van der Waals surface area contributed by atoms with E-state index in [9.17, 15) is 0 Å². The van der Waals surface area contributed by atoms with Gasteiger partial charge in [-0.05, 0) is 189 Å². The number of aromatic nitrogens is 1. The smallest absolute Gasteiger partial charge is 0.256 e. The Labute approximate surface area is 533 Å². The van der Waals surface area contributed by atoms with Crippen LogP contribution in [0.5, 0.6) is 11.5 Å². The maximum atomic E-state index is 7.51. The number of ether oxygens (including phenoxy) is 1. The lowest BCUT2D eigenvalue weighted by atomic mass is 9.34. The Morgan fingerprint density at radius 2 is 0.769 bits per heavy atom. The number of nitrogens with zero attached hydrogens (tertiary/aromatic N) is 3. The Balaban J connectivity index is 0.881. The van der Waals surface area contributed by atoms with Gasteiger partial charge in [-0.2, -0.15) is 0 Å². The Bertz CT molecular complexity index is 5280. The van der Waals surface area contributed by atoms with Gasteiger partial charge in [0.15, 0.2) is 0 Å². The van der Waals surface area contributed by atoms with Crippen LogP contribution in [0.2, 0.25) is 0 Å². The molecule has 91 heavy (non-hydrogen) atoms. The van der Waals surface area contributed by atoms with Crippen LogP contribution in [0.1, 0.15) is 124 Å². The van der Waals surface area contributed by atoms with Crippen molar-refractivity contribution in [3.8, 4) is 39.4 Å². The fourth-order valence-electron chi connectivity index (χ4n) is 17.6. The minimum Gasteiger partial charge on any atom is -0.458 e. The van der Waals surface area contributed by atoms with E-state index in [1.54, 1.807) is 0 Å². The Morgan fingerprint density at radius 1 is 0.319 bits per heavy atom. The molecular weight excluding hydrogens is 1100 g/mol. The first-order chi connectivity index (χ1) is 44.0. The van der Waals surface area contributed by atoms with Gasteiger partial charge in [0.1, 0.15) is 11.5 Å². The highest BCUT2D eigenvalue weighted by Crippen LogP contribution is 2.69. The summed E-state index contributed by atoms with van der Waals surface area (Å²) < 4.78 is 10.1. The van der Waals surface area contributed by atoms with Crippen molar-refractivity contribution >= 4 is 79.0 Å². The SMILES string of the molecule is CC(C)(C)c1ccc2c(c1)B1c3c(cc(N4c5ccccc5C5(c6ccccc6-c6cc7c(cc65)C5(c6ccccc6-7)c6ccccc6N(c6ccccc6)c6ccccc65)c5ccccc54)cc3-n3c4ccc(C(C)(C)C)cc4c4cc(C(C)(C)C)cc1c43)O2. The zero-order valence-corrected chi connectivity index (χ0v) is 53.0. The van der Waals surface area contributed by atoms with Crippen LogP contribution in [0.4, 0.5) is 34.1 Å². The number of hydrogen-bond donors (Lipinski definition) is 0. The van der Waals surface area contributed by atoms with Gasteiger partial charge in [0.25, 0.3) is 6.71 Å². The van der Waals surface area contributed by atoms with Gasteiger partial charge < -0.3 is 19.1 Å². The molecule has 4 nitrogen and oxygen atoms in total. The predicted octanol–water partition coefficient (Wildman–Crippen LogP) is 19.9. The summed E-state index contributed by atoms with van der Waals surface area (Å²) in [6, 6.07) is 96.0. The van der Waals surface area contributed by atoms with E-state index in [0.717, 1.165) is 39.9 Å². The second-order valence-corrected chi connectivity index (χ2v) is 29.6. The highest BCUT2D eigenvalue weighted by Gasteiger charge is 2.57. The Hall–Kier alpha value is -10.1. The molecule has 0 saturated carbocycles. The minimum atomic E-state index is -0.713. The first-order valence-electron chi connectivity index (χ1n) is 32.6. The molecule has 0 atom stereocenters. The van der Waals surface area contributed by atoms with Crippen LogP contribution < -0.4 is 30.9 Å². The molecule has 2 aliphatic carbocycles. The predicted molar refractivity (Wildman–Crippen MR) is 379 cm³/mol. The standard InChI is InChI=1S/C86H68BN3O/c1-82(2,3)51-39-41-72-60(43-51)61-44-53(84(7,8)9)46-71-81(61)90(72)77-47-55(48-79-80(77)87(71)70-45-52(83(4,5)6)40-42-78(70)91-79)89-75-37-23-19-33-66(75)86(67-34-20-24-38-76(67)89)63-30-16-14-28-57(63)59-49-58-56-27-13-15-29-62(56)85(68(58)50-69(59)86)64-31-17-21-35-73(64)88(54-25-11-10-12-26-54)74-36-22-18-32-65(74)85/h10-50H,1-9H3. The van der Waals surface area contributed by atoms with Crippen LogP contribution in [-0.4, -0.2) is 11.3 Å². The van der Waals surface area contributed by atoms with Crippen LogP contribution in [0.3, 0.4) is 0 Å². The molecule has 5 heterocycles. The summed E-state index contributed by atoms with van der Waals surface area (Å²) in [5.41, 5.74) is 32.2. The van der Waals surface area contributed by atoms with E-state index >= 15 is 0 Å². The van der Waals surface area contributed by atoms with Crippen molar-refractivity contribution in [3.05, 3.63) is 310 Å². The van der Waals surface area contributed by atoms with E-state index in [-0.39, 0.29) is 23.0 Å². The number of para-hydroxylation sites is 5. The Kier molecular flexibility index (Phi) is 10.4. The van der Waals surface area contributed by atoms with Crippen molar-refractivity contribution < 1.29 is 4.74 Å². The minimum absolute atomic E-state index is 0.0382. The van der Waals surface area contributed by atoms with Gasteiger partial charge in [0.05, 0.1) is 44.8 Å². The largest absolute Gasteiger partial charge is 0.458 e. The third kappa shape index (κ3) is 6.76. The van der Waals surface area contributed by atoms with Crippen molar-refractivity contribution in [2.24, 2.45) is 0 Å². The van der Waals surface area contributed by atoms with E-state index in [1.807, 2.05) is 0 Å². The molecule has 5 heteroatoms. The molecule has 2 spiro atoms. The van der Waals surface area contributed by atoms with Crippen LogP contribution in [0.15, 0.2) is 249 Å². The highest BCUT2D eigenvalue weighted by molar-refractivity contribution is 6.99. The molecule has 0 amide bonds. The molecule has 0 unspecified atom stereocenters. The van der Waals surface area contributed by atoms with E-state index in [2.05, 4.69) is 325 Å². The zero-order valence-electron chi connectivity index (χ0n) is 53.0. The number of fused-ring (bicyclic) bond motifs is 25. The molecule has 4 aliphatic heterocycles. The summed E-state index contributed by atoms with van der Waals surface area (Å²) in [6.07, 6.45) is 0. The quantitative estimate of drug-likeness (QED) is 0.161. The maximum Gasteiger partial charge on any atom is 0.256 e. The van der Waals surface area contributed by atoms with E-state index in [4.69, 9.17) is 4.74 Å². The van der Waals surface area contributed by atoms with Gasteiger partial charge >= 0.3 is 0 Å². The first-order valence-corrected chi connectivity index (χ1v) is 32.6. The highest BCUT2D eigenvalue weighted by atomic mass is 16.5. The number of rotatable bonds is 2. The second kappa shape index (κ2) is 17.9. The van der Waals surface area contributed by atoms with Gasteiger partial charge in [0.2, 0.25) is 0 Å². The fourth-order valence-corrected chi connectivity index (χ4v) is 17.6. The average Bonchev–Trinajstić information content (AvgIpc) is 1.42. The summed E-state index contributed by atoms with van der Waals surface area (Å²) in [4.78, 5) is 5.05. The number of hydrogen-bond acceptors (Lipinski definition) is 3. The van der Waals surface area contributed by atoms with Crippen molar-refractivity contribution in [1.82, 2.24) is 4.57 Å². The molecule has 1 aromatic heterocycles. The van der Waals surface area contributed by atoms with Crippen LogP contribution in [0, 0.1) is 0 Å². The van der Waals surface area contributed by atoms with E-state index in [0.29, 0.717) is 0 Å². The summed E-state index contributed by atoms with van der Waals surface area (Å²) in [5, 5.41) is 2.59. The van der Waals surface area contributed by atoms with Gasteiger partial charge in [-0.1, -0.05) is 232 Å². The molecule has 12 aromatic carbocycles. The summed E-state index contributed by atoms with van der Waals surface area (Å²) in [7, 11) is 0. The van der Waals surface area contributed by atoms with Crippen LogP contribution in [-0.2, 0) is 27.1 Å². The molecule has 436 valence electrons. The normalized spacial score (nSPS) is 15.3. The van der Waals surface area contributed by atoms with Gasteiger partial charge in [-0.3, -0.25) is 0 Å². The van der Waals surface area contributed by atoms with E-state index < -0.39 is 10.8 Å². The maximum absolute atomic E-state index is 7.51. The number of benzene rings is 12. The van der Waals surface area contributed by atoms with Gasteiger partial charge in [-0.25, -0.2) is 0 Å². The third-order valence-corrected chi connectivity index (χ3v) is 21.7. The average molecular weight is 1170 g/mol. The first kappa shape index (κ1) is 52.8. The van der Waals surface area contributed by atoms with Crippen molar-refractivity contribution in [3.63, 3.8) is 0 Å². The topological polar surface area (TPSA) is 20.6 Å². The second-order valence-electron chi connectivity index (χ2n) is 29.6. The molecule has 0 radical (unpaired) electrons. The summed E-state index contributed by atoms with van der Waals surface area (Å²) >= 11 is 0. The van der Waals surface area contributed by atoms with Gasteiger partial charge in [-0.15, -0.1) is 0 Å². The molecule has 0 N–H and O–H groups in total. The lowest BCUT2D eigenvalue weighted by molar-refractivity contribution is 0.486. The molecule has 6 aliphatic rings. The van der Waals surface area contributed by atoms with Crippen LogP contribution >= 0.6 is 0 Å². The van der Waals surface area contributed by atoms with Crippen LogP contribution in [0.25, 0.3) is 49.7 Å². The van der Waals surface area contributed by atoms with Crippen molar-refractivity contribution in [1.29, 1.82) is 0 Å².